The standard InChI is InChI=1S/C6H6N6O2/c1-10-6(11-3-2-7-4-11)8-5(9-10)12(13)14/h2-4H,1H3. The molecular formula is C6H6N6O2. The molecule has 0 unspecified atom stereocenters. The summed E-state index contributed by atoms with van der Waals surface area (Å²) in [7, 11) is 1.58. The van der Waals surface area contributed by atoms with Crippen molar-refractivity contribution in [3.05, 3.63) is 28.8 Å². The zero-order valence-corrected chi connectivity index (χ0v) is 7.23. The van der Waals surface area contributed by atoms with E-state index in [1.54, 1.807) is 24.0 Å². The number of hydrogen-bond acceptors (Lipinski definition) is 5. The van der Waals surface area contributed by atoms with Crippen molar-refractivity contribution in [2.45, 2.75) is 0 Å². The van der Waals surface area contributed by atoms with Gasteiger partial charge in [0.2, 0.25) is 0 Å². The van der Waals surface area contributed by atoms with Crippen molar-refractivity contribution in [2.24, 2.45) is 7.05 Å². The molecule has 0 amide bonds. The molecular weight excluding hydrogens is 188 g/mol. The first kappa shape index (κ1) is 8.35. The van der Waals surface area contributed by atoms with Gasteiger partial charge >= 0.3 is 11.9 Å². The molecule has 0 aliphatic carbocycles. The van der Waals surface area contributed by atoms with E-state index >= 15 is 0 Å². The van der Waals surface area contributed by atoms with Gasteiger partial charge in [0, 0.05) is 24.5 Å². The lowest BCUT2D eigenvalue weighted by atomic mass is 10.8. The summed E-state index contributed by atoms with van der Waals surface area (Å²) >= 11 is 0. The van der Waals surface area contributed by atoms with Gasteiger partial charge in [-0.15, -0.1) is 0 Å². The predicted molar refractivity (Wildman–Crippen MR) is 44.8 cm³/mol. The minimum absolute atomic E-state index is 0.356. The van der Waals surface area contributed by atoms with E-state index in [-0.39, 0.29) is 0 Å². The Morgan fingerprint density at radius 2 is 2.36 bits per heavy atom. The maximum Gasteiger partial charge on any atom is 0.493 e. The van der Waals surface area contributed by atoms with Gasteiger partial charge in [-0.1, -0.05) is 0 Å². The van der Waals surface area contributed by atoms with Crippen molar-refractivity contribution in [1.29, 1.82) is 0 Å². The number of aryl methyl sites for hydroxylation is 1. The van der Waals surface area contributed by atoms with Crippen LogP contribution in [0.5, 0.6) is 0 Å². The Hall–Kier alpha value is -2.25. The summed E-state index contributed by atoms with van der Waals surface area (Å²) in [5.74, 6) is -0.0644. The van der Waals surface area contributed by atoms with Crippen LogP contribution in [0.25, 0.3) is 5.95 Å². The normalized spacial score (nSPS) is 10.4. The van der Waals surface area contributed by atoms with Gasteiger partial charge in [-0.05, 0) is 9.91 Å². The average Bonchev–Trinajstić information content (AvgIpc) is 2.71. The molecule has 8 heteroatoms. The number of imidazole rings is 1. The van der Waals surface area contributed by atoms with Gasteiger partial charge in [0.05, 0.1) is 0 Å². The number of aromatic nitrogens is 5. The second-order valence-electron chi connectivity index (χ2n) is 2.56. The zero-order chi connectivity index (χ0) is 10.1. The minimum Gasteiger partial charge on any atom is -0.390 e. The van der Waals surface area contributed by atoms with E-state index in [1.165, 1.54) is 11.0 Å². The number of hydrogen-bond donors (Lipinski definition) is 0. The van der Waals surface area contributed by atoms with Crippen LogP contribution in [-0.2, 0) is 7.05 Å². The Balaban J connectivity index is 2.50. The first-order valence-corrected chi connectivity index (χ1v) is 3.72. The summed E-state index contributed by atoms with van der Waals surface area (Å²) in [5.41, 5.74) is 0. The van der Waals surface area contributed by atoms with Gasteiger partial charge < -0.3 is 10.1 Å². The first-order chi connectivity index (χ1) is 6.68. The predicted octanol–water partition coefficient (Wildman–Crippen LogP) is -0.0910. The Labute approximate surface area is 78.0 Å². The largest absolute Gasteiger partial charge is 0.493 e. The highest BCUT2D eigenvalue weighted by Gasteiger charge is 2.19. The van der Waals surface area contributed by atoms with Crippen molar-refractivity contribution in [3.8, 4) is 5.95 Å². The molecule has 0 spiro atoms. The van der Waals surface area contributed by atoms with Crippen LogP contribution in [0, 0.1) is 10.1 Å². The second-order valence-corrected chi connectivity index (χ2v) is 2.56. The zero-order valence-electron chi connectivity index (χ0n) is 7.23. The van der Waals surface area contributed by atoms with E-state index in [9.17, 15) is 10.1 Å². The lowest BCUT2D eigenvalue weighted by Gasteiger charge is -1.91. The molecule has 8 nitrogen and oxygen atoms in total. The SMILES string of the molecule is Cn1nc([N+](=O)[O-])nc1-n1ccnc1. The smallest absolute Gasteiger partial charge is 0.390 e. The minimum atomic E-state index is -0.638. The summed E-state index contributed by atoms with van der Waals surface area (Å²) in [6.07, 6.45) is 4.68. The lowest BCUT2D eigenvalue weighted by molar-refractivity contribution is -0.394. The molecule has 2 aromatic heterocycles. The summed E-state index contributed by atoms with van der Waals surface area (Å²) in [5, 5.41) is 14.0. The topological polar surface area (TPSA) is 91.7 Å². The number of rotatable bonds is 2. The van der Waals surface area contributed by atoms with Crippen molar-refractivity contribution < 1.29 is 4.92 Å². The number of nitro groups is 1. The quantitative estimate of drug-likeness (QED) is 0.492. The Morgan fingerprint density at radius 1 is 1.57 bits per heavy atom. The highest BCUT2D eigenvalue weighted by Crippen LogP contribution is 2.08. The molecule has 0 saturated carbocycles. The van der Waals surface area contributed by atoms with Crippen LogP contribution in [0.4, 0.5) is 5.95 Å². The highest BCUT2D eigenvalue weighted by atomic mass is 16.6. The average molecular weight is 194 g/mol. The molecule has 0 saturated heterocycles. The summed E-state index contributed by atoms with van der Waals surface area (Å²) in [4.78, 5) is 17.3. The third kappa shape index (κ3) is 1.22. The fraction of sp³-hybridized carbons (Fsp3) is 0.167. The van der Waals surface area contributed by atoms with Gasteiger partial charge in [-0.25, -0.2) is 4.98 Å². The van der Waals surface area contributed by atoms with E-state index in [4.69, 9.17) is 0 Å². The van der Waals surface area contributed by atoms with Crippen LogP contribution in [-0.4, -0.2) is 29.2 Å². The van der Waals surface area contributed by atoms with E-state index in [0.717, 1.165) is 0 Å². The fourth-order valence-corrected chi connectivity index (χ4v) is 1.04. The molecule has 2 rings (SSSR count). The van der Waals surface area contributed by atoms with Crippen molar-refractivity contribution in [3.63, 3.8) is 0 Å². The fourth-order valence-electron chi connectivity index (χ4n) is 1.04. The van der Waals surface area contributed by atoms with Gasteiger partial charge in [0.25, 0.3) is 0 Å². The molecule has 0 fully saturated rings. The molecule has 0 N–H and O–H groups in total. The van der Waals surface area contributed by atoms with Crippen molar-refractivity contribution in [1.82, 2.24) is 24.3 Å². The van der Waals surface area contributed by atoms with Gasteiger partial charge in [0.1, 0.15) is 6.33 Å². The van der Waals surface area contributed by atoms with E-state index in [2.05, 4.69) is 15.1 Å². The molecule has 2 aromatic rings. The van der Waals surface area contributed by atoms with E-state index < -0.39 is 10.9 Å². The van der Waals surface area contributed by atoms with Crippen molar-refractivity contribution >= 4 is 5.95 Å². The molecule has 72 valence electrons. The Kier molecular flexibility index (Phi) is 1.73. The molecule has 0 aliphatic rings. The molecule has 0 bridgehead atoms. The van der Waals surface area contributed by atoms with Gasteiger partial charge in [0.15, 0.2) is 0 Å². The summed E-state index contributed by atoms with van der Waals surface area (Å²) in [6, 6.07) is 0. The van der Waals surface area contributed by atoms with Crippen LogP contribution < -0.4 is 0 Å². The first-order valence-electron chi connectivity index (χ1n) is 3.72. The van der Waals surface area contributed by atoms with E-state index in [0.29, 0.717) is 5.95 Å². The second kappa shape index (κ2) is 2.91. The third-order valence-electron chi connectivity index (χ3n) is 1.63. The molecule has 0 radical (unpaired) electrons. The van der Waals surface area contributed by atoms with E-state index in [1.807, 2.05) is 0 Å². The molecule has 2 heterocycles. The Morgan fingerprint density at radius 3 is 2.86 bits per heavy atom. The Bertz CT molecular complexity index is 459. The lowest BCUT2D eigenvalue weighted by Crippen LogP contribution is -2.01. The monoisotopic (exact) mass is 194 g/mol. The van der Waals surface area contributed by atoms with Crippen LogP contribution in [0.15, 0.2) is 18.7 Å². The maximum atomic E-state index is 10.4. The maximum absolute atomic E-state index is 10.4. The van der Waals surface area contributed by atoms with Crippen LogP contribution >= 0.6 is 0 Å². The molecule has 14 heavy (non-hydrogen) atoms. The third-order valence-corrected chi connectivity index (χ3v) is 1.63. The molecule has 0 atom stereocenters. The van der Waals surface area contributed by atoms with Crippen molar-refractivity contribution in [2.75, 3.05) is 0 Å². The number of nitrogens with zero attached hydrogens (tertiary/aromatic N) is 6. The molecule has 0 aliphatic heterocycles. The van der Waals surface area contributed by atoms with Crippen LogP contribution in [0.3, 0.4) is 0 Å². The van der Waals surface area contributed by atoms with Gasteiger partial charge in [-0.3, -0.25) is 4.57 Å². The van der Waals surface area contributed by atoms with Crippen LogP contribution in [0.2, 0.25) is 0 Å². The molecule has 0 aromatic carbocycles. The highest BCUT2D eigenvalue weighted by molar-refractivity contribution is 5.17. The van der Waals surface area contributed by atoms with Crippen LogP contribution in [0.1, 0.15) is 0 Å². The van der Waals surface area contributed by atoms with Gasteiger partial charge in [-0.2, -0.15) is 4.68 Å². The summed E-state index contributed by atoms with van der Waals surface area (Å²) in [6.45, 7) is 0. The summed E-state index contributed by atoms with van der Waals surface area (Å²) < 4.78 is 2.86.